The van der Waals surface area contributed by atoms with E-state index in [2.05, 4.69) is 10.3 Å². The molecule has 2 rings (SSSR count). The van der Waals surface area contributed by atoms with Crippen LogP contribution in [0.25, 0.3) is 0 Å². The average Bonchev–Trinajstić information content (AvgIpc) is 2.57. The molecule has 2 heterocycles. The predicted molar refractivity (Wildman–Crippen MR) is 44.9 cm³/mol. The van der Waals surface area contributed by atoms with Gasteiger partial charge in [-0.3, -0.25) is 9.59 Å². The number of fused-ring (bicyclic) bond motifs is 1. The molecule has 1 aliphatic heterocycles. The Kier molecular flexibility index (Phi) is 5.34. The Bertz CT molecular complexity index is 396. The van der Waals surface area contributed by atoms with Gasteiger partial charge in [0.15, 0.2) is 0 Å². The van der Waals surface area contributed by atoms with Crippen LogP contribution in [0.1, 0.15) is 10.5 Å². The number of aromatic nitrogens is 1. The van der Waals surface area contributed by atoms with Gasteiger partial charge in [0.2, 0.25) is 0 Å². The molecule has 0 saturated carbocycles. The summed E-state index contributed by atoms with van der Waals surface area (Å²) in [6.07, 6.45) is -0.720. The smallest absolute Gasteiger partial charge is 0.652 e. The van der Waals surface area contributed by atoms with Crippen molar-refractivity contribution in [1.82, 2.24) is 4.98 Å². The number of hydrogen-bond acceptors (Lipinski definition) is 5. The molecular weight excluding hydrogens is 232 g/mol. The molecule has 7 nitrogen and oxygen atoms in total. The van der Waals surface area contributed by atoms with Crippen LogP contribution in [-0.2, 0) is 4.79 Å². The molecule has 0 saturated heterocycles. The maximum absolute atomic E-state index is 10.8. The summed E-state index contributed by atoms with van der Waals surface area (Å²) >= 11 is 0. The molecule has 0 radical (unpaired) electrons. The number of nitrogens with one attached hydrogen (secondary N) is 2. The summed E-state index contributed by atoms with van der Waals surface area (Å²) in [5.41, 5.74) is 0.944. The van der Waals surface area contributed by atoms with Crippen LogP contribution >= 0.6 is 0 Å². The molecule has 15 heavy (non-hydrogen) atoms. The van der Waals surface area contributed by atoms with E-state index in [-0.39, 0.29) is 37.7 Å². The van der Waals surface area contributed by atoms with Crippen molar-refractivity contribution in [3.8, 4) is 0 Å². The van der Waals surface area contributed by atoms with Gasteiger partial charge < -0.3 is 25.3 Å². The van der Waals surface area contributed by atoms with Crippen molar-refractivity contribution in [1.29, 1.82) is 0 Å². The summed E-state index contributed by atoms with van der Waals surface area (Å²) in [5, 5.41) is 19.1. The van der Waals surface area contributed by atoms with Crippen molar-refractivity contribution in [3.63, 3.8) is 0 Å². The topological polar surface area (TPSA) is 125 Å². The van der Waals surface area contributed by atoms with E-state index in [0.717, 1.165) is 0 Å². The molecule has 0 aromatic carbocycles. The zero-order valence-electron chi connectivity index (χ0n) is 7.40. The van der Waals surface area contributed by atoms with E-state index in [9.17, 15) is 9.59 Å². The van der Waals surface area contributed by atoms with Crippen molar-refractivity contribution < 1.29 is 24.6 Å². The van der Waals surface area contributed by atoms with Crippen LogP contribution < -0.4 is 15.5 Å². The first-order valence-electron chi connectivity index (χ1n) is 3.43. The van der Waals surface area contributed by atoms with E-state index in [1.165, 1.54) is 0 Å². The van der Waals surface area contributed by atoms with Crippen molar-refractivity contribution in [2.24, 2.45) is 0 Å². The molecule has 1 aliphatic rings. The maximum atomic E-state index is 10.8. The largest absolute Gasteiger partial charge is 2.00 e. The van der Waals surface area contributed by atoms with Crippen molar-refractivity contribution in [3.05, 3.63) is 18.0 Å². The zero-order chi connectivity index (χ0) is 10.7. The van der Waals surface area contributed by atoms with Gasteiger partial charge in [-0.2, -0.15) is 0 Å². The minimum Gasteiger partial charge on any atom is -0.652 e. The van der Waals surface area contributed by atoms with Crippen molar-refractivity contribution in [2.75, 3.05) is 5.32 Å². The van der Waals surface area contributed by atoms with Crippen LogP contribution in [0.3, 0.4) is 0 Å². The Morgan fingerprint density at radius 3 is 2.27 bits per heavy atom. The number of carbonyl (C=O) groups excluding carboxylic acids is 3. The Morgan fingerprint density at radius 2 is 1.80 bits per heavy atom. The second kappa shape index (κ2) is 5.74. The van der Waals surface area contributed by atoms with E-state index in [1.807, 2.05) is 0 Å². The van der Waals surface area contributed by atoms with Crippen LogP contribution in [0.15, 0.2) is 12.3 Å². The first-order valence-corrected chi connectivity index (χ1v) is 3.43. The summed E-state index contributed by atoms with van der Waals surface area (Å²) < 4.78 is 0. The molecule has 0 fully saturated rings. The maximum Gasteiger partial charge on any atom is 2.00 e. The first-order chi connectivity index (χ1) is 6.52. The van der Waals surface area contributed by atoms with E-state index < -0.39 is 17.8 Å². The number of ketones is 1. The SMILES string of the molecule is O=C([O-])[O-].O=C1Nc2cc[nH]c2C1=O.[Ca+2]. The Labute approximate surface area is 113 Å². The molecule has 8 heteroatoms. The molecule has 0 spiro atoms. The third-order valence-corrected chi connectivity index (χ3v) is 1.43. The van der Waals surface area contributed by atoms with Crippen LogP contribution in [0.2, 0.25) is 0 Å². The number of rotatable bonds is 0. The summed E-state index contributed by atoms with van der Waals surface area (Å²) in [6, 6.07) is 1.65. The van der Waals surface area contributed by atoms with Gasteiger partial charge in [-0.05, 0) is 12.2 Å². The Morgan fingerprint density at radius 1 is 1.27 bits per heavy atom. The number of carboxylic acid groups (broad SMARTS) is 2. The average molecular weight is 236 g/mol. The summed E-state index contributed by atoms with van der Waals surface area (Å²) in [5.74, 6) is -1.04. The molecule has 0 unspecified atom stereocenters. The third kappa shape index (κ3) is 3.54. The van der Waals surface area contributed by atoms with Gasteiger partial charge in [-0.15, -0.1) is 0 Å². The van der Waals surface area contributed by atoms with E-state index in [1.54, 1.807) is 12.3 Å². The fourth-order valence-corrected chi connectivity index (χ4v) is 0.954. The van der Waals surface area contributed by atoms with E-state index in [4.69, 9.17) is 15.0 Å². The molecule has 2 N–H and O–H groups in total. The number of carbonyl (C=O) groups is 3. The molecule has 1 amide bonds. The summed E-state index contributed by atoms with van der Waals surface area (Å²) in [4.78, 5) is 32.4. The van der Waals surface area contributed by atoms with Gasteiger partial charge >= 0.3 is 37.7 Å². The third-order valence-electron chi connectivity index (χ3n) is 1.43. The standard InChI is InChI=1S/C6H4N2O2.CH2O3.Ca/c9-5-4-3(1-2-7-4)8-6(5)10;2-1(3)4;/h1-2,7H,(H,8,9,10);(H2,2,3,4);/q;;+2/p-2. The fourth-order valence-electron chi connectivity index (χ4n) is 0.954. The Balaban J connectivity index is 0.000000346. The molecule has 0 aliphatic carbocycles. The summed E-state index contributed by atoms with van der Waals surface area (Å²) in [7, 11) is 0. The van der Waals surface area contributed by atoms with Crippen molar-refractivity contribution >= 4 is 61.3 Å². The van der Waals surface area contributed by atoms with Crippen LogP contribution in [0.5, 0.6) is 0 Å². The quantitative estimate of drug-likeness (QED) is 0.375. The second-order valence-electron chi connectivity index (χ2n) is 2.30. The van der Waals surface area contributed by atoms with Crippen LogP contribution in [0.4, 0.5) is 10.5 Å². The number of H-pyrrole nitrogens is 1. The molecule has 0 bridgehead atoms. The van der Waals surface area contributed by atoms with Gasteiger partial charge in [0.1, 0.15) is 5.69 Å². The summed E-state index contributed by atoms with van der Waals surface area (Å²) in [6.45, 7) is 0. The molecule has 1 aromatic rings. The number of aromatic amines is 1. The molecular formula is C7H4CaN2O5. The normalized spacial score (nSPS) is 11.7. The first kappa shape index (κ1) is 13.9. The number of anilines is 1. The van der Waals surface area contributed by atoms with Gasteiger partial charge in [-0.1, -0.05) is 0 Å². The number of Topliss-reactive ketones (excluding diaryl/α,β-unsaturated/α-hetero) is 1. The number of hydrogen-bond donors (Lipinski definition) is 2. The minimum absolute atomic E-state index is 0. The van der Waals surface area contributed by atoms with E-state index >= 15 is 0 Å². The molecule has 0 atom stereocenters. The predicted octanol–water partition coefficient (Wildman–Crippen LogP) is -2.68. The van der Waals surface area contributed by atoms with Gasteiger partial charge in [0.05, 0.1) is 5.69 Å². The van der Waals surface area contributed by atoms with Crippen LogP contribution in [0, 0.1) is 0 Å². The van der Waals surface area contributed by atoms with E-state index in [0.29, 0.717) is 11.4 Å². The molecule has 74 valence electrons. The van der Waals surface area contributed by atoms with Gasteiger partial charge in [-0.25, -0.2) is 0 Å². The Hall–Kier alpha value is -1.05. The van der Waals surface area contributed by atoms with Crippen LogP contribution in [-0.4, -0.2) is 60.6 Å². The van der Waals surface area contributed by atoms with Crippen molar-refractivity contribution in [2.45, 2.75) is 0 Å². The van der Waals surface area contributed by atoms with Gasteiger partial charge in [0.25, 0.3) is 11.7 Å². The molecule has 1 aromatic heterocycles. The second-order valence-corrected chi connectivity index (χ2v) is 2.30. The minimum atomic E-state index is -2.33. The zero-order valence-corrected chi connectivity index (χ0v) is 9.61. The number of amides is 1. The monoisotopic (exact) mass is 236 g/mol. The van der Waals surface area contributed by atoms with Gasteiger partial charge in [0, 0.05) is 6.20 Å². The fraction of sp³-hybridized carbons (Fsp3) is 0.